The molecular formula is C15H22N2O2. The number of anilines is 2. The summed E-state index contributed by atoms with van der Waals surface area (Å²) in [6.45, 7) is 0. The second-order valence-corrected chi connectivity index (χ2v) is 5.21. The van der Waals surface area contributed by atoms with Crippen molar-refractivity contribution in [3.05, 3.63) is 18.2 Å². The number of methoxy groups -OCH3 is 1. The maximum Gasteiger partial charge on any atom is 0.224 e. The van der Waals surface area contributed by atoms with Gasteiger partial charge in [0.1, 0.15) is 5.75 Å². The van der Waals surface area contributed by atoms with Gasteiger partial charge in [0.25, 0.3) is 0 Å². The highest BCUT2D eigenvalue weighted by Crippen LogP contribution is 2.28. The molecular weight excluding hydrogens is 240 g/mol. The number of nitrogen functional groups attached to an aromatic ring is 1. The molecule has 1 aliphatic carbocycles. The molecule has 4 heteroatoms. The third-order valence-electron chi connectivity index (χ3n) is 3.73. The first-order chi connectivity index (χ1) is 9.19. The van der Waals surface area contributed by atoms with Gasteiger partial charge in [-0.3, -0.25) is 4.79 Å². The Bertz CT molecular complexity index is 440. The van der Waals surface area contributed by atoms with Crippen LogP contribution in [0.15, 0.2) is 18.2 Å². The number of carbonyl (C=O) groups is 1. The number of amides is 1. The van der Waals surface area contributed by atoms with E-state index in [9.17, 15) is 4.79 Å². The summed E-state index contributed by atoms with van der Waals surface area (Å²) < 4.78 is 5.13. The number of hydrogen-bond donors (Lipinski definition) is 2. The van der Waals surface area contributed by atoms with Crippen molar-refractivity contribution in [3.8, 4) is 5.75 Å². The van der Waals surface area contributed by atoms with E-state index in [4.69, 9.17) is 10.5 Å². The van der Waals surface area contributed by atoms with Crippen LogP contribution in [0.5, 0.6) is 5.75 Å². The summed E-state index contributed by atoms with van der Waals surface area (Å²) in [6, 6.07) is 5.29. The minimum absolute atomic E-state index is 0.0480. The van der Waals surface area contributed by atoms with Gasteiger partial charge in [-0.1, -0.05) is 19.3 Å². The molecule has 1 aliphatic rings. The van der Waals surface area contributed by atoms with E-state index in [0.717, 1.165) is 0 Å². The molecule has 0 atom stereocenters. The van der Waals surface area contributed by atoms with E-state index in [2.05, 4.69) is 5.32 Å². The third-order valence-corrected chi connectivity index (χ3v) is 3.73. The molecule has 1 fully saturated rings. The lowest BCUT2D eigenvalue weighted by molar-refractivity contribution is -0.117. The molecule has 19 heavy (non-hydrogen) atoms. The van der Waals surface area contributed by atoms with E-state index in [0.29, 0.717) is 29.5 Å². The average molecular weight is 262 g/mol. The molecule has 0 heterocycles. The van der Waals surface area contributed by atoms with Crippen LogP contribution in [0.25, 0.3) is 0 Å². The summed E-state index contributed by atoms with van der Waals surface area (Å²) in [5, 5.41) is 2.89. The van der Waals surface area contributed by atoms with Gasteiger partial charge in [0.05, 0.1) is 18.5 Å². The van der Waals surface area contributed by atoms with Crippen LogP contribution in [-0.2, 0) is 4.79 Å². The fourth-order valence-corrected chi connectivity index (χ4v) is 2.63. The smallest absolute Gasteiger partial charge is 0.224 e. The van der Waals surface area contributed by atoms with E-state index in [1.807, 2.05) is 0 Å². The predicted octanol–water partition coefficient (Wildman–Crippen LogP) is 3.19. The molecule has 0 aromatic heterocycles. The first kappa shape index (κ1) is 13.7. The Balaban J connectivity index is 1.94. The van der Waals surface area contributed by atoms with Gasteiger partial charge in [-0.25, -0.2) is 0 Å². The number of nitrogens with one attached hydrogen (secondary N) is 1. The molecule has 1 aromatic rings. The molecule has 3 N–H and O–H groups in total. The Hall–Kier alpha value is -1.71. The second-order valence-electron chi connectivity index (χ2n) is 5.21. The molecule has 1 amide bonds. The van der Waals surface area contributed by atoms with E-state index in [1.54, 1.807) is 25.3 Å². The van der Waals surface area contributed by atoms with Crippen LogP contribution in [0.4, 0.5) is 11.4 Å². The Labute approximate surface area is 114 Å². The van der Waals surface area contributed by atoms with Crippen LogP contribution in [0.1, 0.15) is 38.5 Å². The lowest BCUT2D eigenvalue weighted by atomic mass is 9.87. The topological polar surface area (TPSA) is 64.3 Å². The zero-order valence-electron chi connectivity index (χ0n) is 11.4. The van der Waals surface area contributed by atoms with E-state index < -0.39 is 0 Å². The molecule has 4 nitrogen and oxygen atoms in total. The molecule has 0 bridgehead atoms. The highest BCUT2D eigenvalue weighted by atomic mass is 16.5. The maximum atomic E-state index is 12.0. The number of benzene rings is 1. The molecule has 104 valence electrons. The summed E-state index contributed by atoms with van der Waals surface area (Å²) in [5.41, 5.74) is 7.06. The zero-order valence-corrected chi connectivity index (χ0v) is 11.4. The van der Waals surface area contributed by atoms with E-state index >= 15 is 0 Å². The van der Waals surface area contributed by atoms with Gasteiger partial charge in [-0.15, -0.1) is 0 Å². The molecule has 0 unspecified atom stereocenters. The lowest BCUT2D eigenvalue weighted by Gasteiger charge is -2.21. The van der Waals surface area contributed by atoms with Crippen LogP contribution in [0, 0.1) is 5.92 Å². The van der Waals surface area contributed by atoms with Crippen molar-refractivity contribution in [2.45, 2.75) is 38.5 Å². The summed E-state index contributed by atoms with van der Waals surface area (Å²) in [5.74, 6) is 1.27. The predicted molar refractivity (Wildman–Crippen MR) is 77.2 cm³/mol. The normalized spacial score (nSPS) is 16.1. The number of nitrogens with two attached hydrogens (primary N) is 1. The third kappa shape index (κ3) is 3.88. The van der Waals surface area contributed by atoms with Gasteiger partial charge in [0.2, 0.25) is 5.91 Å². The number of carbonyl (C=O) groups excluding carboxylic acids is 1. The Morgan fingerprint density at radius 3 is 2.79 bits per heavy atom. The fourth-order valence-electron chi connectivity index (χ4n) is 2.63. The van der Waals surface area contributed by atoms with E-state index in [1.165, 1.54) is 32.1 Å². The molecule has 2 rings (SSSR count). The number of ether oxygens (including phenoxy) is 1. The average Bonchev–Trinajstić information content (AvgIpc) is 2.42. The van der Waals surface area contributed by atoms with E-state index in [-0.39, 0.29) is 5.91 Å². The zero-order chi connectivity index (χ0) is 13.7. The molecule has 0 spiro atoms. The monoisotopic (exact) mass is 262 g/mol. The van der Waals surface area contributed by atoms with Crippen molar-refractivity contribution in [1.82, 2.24) is 0 Å². The lowest BCUT2D eigenvalue weighted by Crippen LogP contribution is -2.18. The quantitative estimate of drug-likeness (QED) is 0.819. The van der Waals surface area contributed by atoms with Crippen LogP contribution in [0.3, 0.4) is 0 Å². The standard InChI is InChI=1S/C15H22N2O2/c1-19-12-7-8-13(16)14(10-12)17-15(18)9-11-5-3-2-4-6-11/h7-8,10-11H,2-6,9,16H2,1H3,(H,17,18). The van der Waals surface area contributed by atoms with Crippen LogP contribution >= 0.6 is 0 Å². The minimum Gasteiger partial charge on any atom is -0.497 e. The van der Waals surface area contributed by atoms with Crippen molar-refractivity contribution in [1.29, 1.82) is 0 Å². The van der Waals surface area contributed by atoms with Gasteiger partial charge in [0, 0.05) is 12.5 Å². The second kappa shape index (κ2) is 6.45. The highest BCUT2D eigenvalue weighted by Gasteiger charge is 2.17. The summed E-state index contributed by atoms with van der Waals surface area (Å²) in [4.78, 5) is 12.0. The SMILES string of the molecule is COc1ccc(N)c(NC(=O)CC2CCCCC2)c1. The van der Waals surface area contributed by atoms with Gasteiger partial charge in [-0.05, 0) is 30.9 Å². The molecule has 0 radical (unpaired) electrons. The van der Waals surface area contributed by atoms with Gasteiger partial charge in [-0.2, -0.15) is 0 Å². The summed E-state index contributed by atoms with van der Waals surface area (Å²) in [7, 11) is 1.60. The molecule has 0 aliphatic heterocycles. The van der Waals surface area contributed by atoms with Crippen LogP contribution in [0.2, 0.25) is 0 Å². The Kier molecular flexibility index (Phi) is 4.66. The number of rotatable bonds is 4. The van der Waals surface area contributed by atoms with Crippen molar-refractivity contribution in [2.75, 3.05) is 18.2 Å². The van der Waals surface area contributed by atoms with Crippen molar-refractivity contribution in [2.24, 2.45) is 5.92 Å². The largest absolute Gasteiger partial charge is 0.497 e. The summed E-state index contributed by atoms with van der Waals surface area (Å²) >= 11 is 0. The van der Waals surface area contributed by atoms with Crippen LogP contribution < -0.4 is 15.8 Å². The fraction of sp³-hybridized carbons (Fsp3) is 0.533. The minimum atomic E-state index is 0.0480. The maximum absolute atomic E-state index is 12.0. The highest BCUT2D eigenvalue weighted by molar-refractivity contribution is 5.94. The molecule has 1 aromatic carbocycles. The van der Waals surface area contributed by atoms with Gasteiger partial charge < -0.3 is 15.8 Å². The van der Waals surface area contributed by atoms with Crippen molar-refractivity contribution >= 4 is 17.3 Å². The Morgan fingerprint density at radius 2 is 2.11 bits per heavy atom. The Morgan fingerprint density at radius 1 is 1.37 bits per heavy atom. The summed E-state index contributed by atoms with van der Waals surface area (Å²) in [6.07, 6.45) is 6.73. The molecule has 1 saturated carbocycles. The first-order valence-corrected chi connectivity index (χ1v) is 6.92. The number of hydrogen-bond acceptors (Lipinski definition) is 3. The molecule has 0 saturated heterocycles. The van der Waals surface area contributed by atoms with Crippen LogP contribution in [-0.4, -0.2) is 13.0 Å². The van der Waals surface area contributed by atoms with Crippen molar-refractivity contribution in [3.63, 3.8) is 0 Å². The van der Waals surface area contributed by atoms with Gasteiger partial charge >= 0.3 is 0 Å². The van der Waals surface area contributed by atoms with Crippen molar-refractivity contribution < 1.29 is 9.53 Å². The first-order valence-electron chi connectivity index (χ1n) is 6.92. The van der Waals surface area contributed by atoms with Gasteiger partial charge in [0.15, 0.2) is 0 Å².